The van der Waals surface area contributed by atoms with Crippen molar-refractivity contribution >= 4 is 41.1 Å². The third-order valence-electron chi connectivity index (χ3n) is 4.02. The van der Waals surface area contributed by atoms with Crippen LogP contribution < -0.4 is 10.2 Å². The smallest absolute Gasteiger partial charge is 0.420 e. The van der Waals surface area contributed by atoms with Gasteiger partial charge in [0.1, 0.15) is 22.6 Å². The van der Waals surface area contributed by atoms with Crippen molar-refractivity contribution in [1.29, 1.82) is 0 Å². The summed E-state index contributed by atoms with van der Waals surface area (Å²) in [6.07, 6.45) is 4.41. The number of rotatable bonds is 4. The number of aromatic nitrogens is 4. The lowest BCUT2D eigenvalue weighted by molar-refractivity contribution is 0.0595. The Bertz CT molecular complexity index is 1220. The quantitative estimate of drug-likeness (QED) is 0.464. The van der Waals surface area contributed by atoms with Gasteiger partial charge in [0.15, 0.2) is 11.6 Å². The Kier molecular flexibility index (Phi) is 7.54. The maximum absolute atomic E-state index is 13.1. The number of benzene rings is 1. The third kappa shape index (κ3) is 7.61. The van der Waals surface area contributed by atoms with Crippen molar-refractivity contribution in [2.45, 2.75) is 52.7 Å². The maximum Gasteiger partial charge on any atom is 0.420 e. The molecule has 184 valence electrons. The van der Waals surface area contributed by atoms with Gasteiger partial charge in [-0.2, -0.15) is 0 Å². The van der Waals surface area contributed by atoms with Crippen LogP contribution in [0.15, 0.2) is 49.1 Å². The third-order valence-corrected chi connectivity index (χ3v) is 4.25. The molecule has 0 spiro atoms. The molecule has 1 aromatic carbocycles. The summed E-state index contributed by atoms with van der Waals surface area (Å²) in [4.78, 5) is 43.7. The van der Waals surface area contributed by atoms with Gasteiger partial charge in [-0.3, -0.25) is 15.3 Å². The molecule has 1 N–H and O–H groups in total. The lowest BCUT2D eigenvalue weighted by Crippen LogP contribution is -2.34. The molecule has 0 fully saturated rings. The van der Waals surface area contributed by atoms with Crippen LogP contribution >= 0.6 is 11.6 Å². The standard InChI is InChI=1S/C24H27ClN6O4/c1-23(2,3)34-21(32)30-19-13-26-11-17(28-19)18-12-27-14-20(29-18)31(22(33)35-24(4,5)6)16-9-7-8-15(25)10-16/h7-14H,1-6H3,(H,28,30,32). The zero-order valence-corrected chi connectivity index (χ0v) is 21.1. The molecule has 10 nitrogen and oxygen atoms in total. The molecule has 2 aromatic heterocycles. The second-order valence-corrected chi connectivity index (χ2v) is 9.91. The van der Waals surface area contributed by atoms with E-state index < -0.39 is 23.4 Å². The van der Waals surface area contributed by atoms with Crippen molar-refractivity contribution < 1.29 is 19.1 Å². The first-order chi connectivity index (χ1) is 16.3. The van der Waals surface area contributed by atoms with Crippen LogP contribution in [0.25, 0.3) is 11.4 Å². The average molecular weight is 499 g/mol. The molecule has 0 aliphatic rings. The minimum absolute atomic E-state index is 0.169. The minimum atomic E-state index is -0.744. The van der Waals surface area contributed by atoms with E-state index in [1.165, 1.54) is 29.7 Å². The predicted molar refractivity (Wildman–Crippen MR) is 133 cm³/mol. The van der Waals surface area contributed by atoms with Crippen molar-refractivity contribution in [3.8, 4) is 11.4 Å². The Balaban J connectivity index is 1.96. The molecular weight excluding hydrogens is 472 g/mol. The van der Waals surface area contributed by atoms with Gasteiger partial charge in [-0.05, 0) is 59.7 Å². The number of carbonyl (C=O) groups excluding carboxylic acids is 2. The van der Waals surface area contributed by atoms with Gasteiger partial charge >= 0.3 is 12.2 Å². The Hall–Kier alpha value is -3.79. The fourth-order valence-corrected chi connectivity index (χ4v) is 2.98. The summed E-state index contributed by atoms with van der Waals surface area (Å²) < 4.78 is 10.8. The molecule has 11 heteroatoms. The number of ether oxygens (including phenoxy) is 2. The summed E-state index contributed by atoms with van der Waals surface area (Å²) in [6.45, 7) is 10.6. The molecule has 0 aliphatic heterocycles. The van der Waals surface area contributed by atoms with Gasteiger partial charge in [0, 0.05) is 5.02 Å². The Morgan fingerprint density at radius 3 is 2.14 bits per heavy atom. The van der Waals surface area contributed by atoms with Gasteiger partial charge in [-0.25, -0.2) is 24.5 Å². The molecule has 0 saturated carbocycles. The number of anilines is 3. The van der Waals surface area contributed by atoms with Gasteiger partial charge in [0.05, 0.1) is 30.5 Å². The summed E-state index contributed by atoms with van der Waals surface area (Å²) in [5.41, 5.74) is -0.321. The fraction of sp³-hybridized carbons (Fsp3) is 0.333. The molecule has 0 bridgehead atoms. The summed E-state index contributed by atoms with van der Waals surface area (Å²) in [6, 6.07) is 6.73. The van der Waals surface area contributed by atoms with E-state index in [1.807, 2.05) is 0 Å². The molecular formula is C24H27ClN6O4. The minimum Gasteiger partial charge on any atom is -0.444 e. The van der Waals surface area contributed by atoms with Crippen molar-refractivity contribution in [2.24, 2.45) is 0 Å². The Labute approximate surface area is 208 Å². The number of halogens is 1. The molecule has 35 heavy (non-hydrogen) atoms. The fourth-order valence-electron chi connectivity index (χ4n) is 2.80. The number of carbonyl (C=O) groups is 2. The largest absolute Gasteiger partial charge is 0.444 e. The number of nitrogens with one attached hydrogen (secondary N) is 1. The molecule has 0 aliphatic carbocycles. The number of amides is 2. The second kappa shape index (κ2) is 10.2. The molecule has 3 rings (SSSR count). The van der Waals surface area contributed by atoms with Crippen LogP contribution in [-0.4, -0.2) is 43.3 Å². The van der Waals surface area contributed by atoms with Crippen molar-refractivity contribution in [2.75, 3.05) is 10.2 Å². The van der Waals surface area contributed by atoms with E-state index in [4.69, 9.17) is 21.1 Å². The van der Waals surface area contributed by atoms with Crippen LogP contribution in [0.1, 0.15) is 41.5 Å². The van der Waals surface area contributed by atoms with Gasteiger partial charge < -0.3 is 9.47 Å². The first-order valence-electron chi connectivity index (χ1n) is 10.7. The highest BCUT2D eigenvalue weighted by Gasteiger charge is 2.27. The van der Waals surface area contributed by atoms with Crippen LogP contribution in [-0.2, 0) is 9.47 Å². The Morgan fingerprint density at radius 2 is 1.51 bits per heavy atom. The van der Waals surface area contributed by atoms with Gasteiger partial charge in [-0.1, -0.05) is 17.7 Å². The van der Waals surface area contributed by atoms with E-state index in [0.717, 1.165) is 0 Å². The van der Waals surface area contributed by atoms with E-state index in [-0.39, 0.29) is 11.6 Å². The summed E-state index contributed by atoms with van der Waals surface area (Å²) >= 11 is 6.16. The molecule has 0 unspecified atom stereocenters. The first kappa shape index (κ1) is 25.8. The molecule has 0 radical (unpaired) electrons. The molecule has 0 atom stereocenters. The number of hydrogen-bond acceptors (Lipinski definition) is 8. The molecule has 2 heterocycles. The highest BCUT2D eigenvalue weighted by Crippen LogP contribution is 2.29. The van der Waals surface area contributed by atoms with Gasteiger partial charge in [-0.15, -0.1) is 0 Å². The highest BCUT2D eigenvalue weighted by molar-refractivity contribution is 6.31. The zero-order valence-electron chi connectivity index (χ0n) is 20.4. The number of hydrogen-bond donors (Lipinski definition) is 1. The topological polar surface area (TPSA) is 119 Å². The summed E-state index contributed by atoms with van der Waals surface area (Å²) in [5, 5.41) is 2.98. The van der Waals surface area contributed by atoms with E-state index in [1.54, 1.807) is 65.8 Å². The lowest BCUT2D eigenvalue weighted by Gasteiger charge is -2.27. The van der Waals surface area contributed by atoms with Crippen LogP contribution in [0, 0.1) is 0 Å². The van der Waals surface area contributed by atoms with Crippen LogP contribution in [0.5, 0.6) is 0 Å². The molecule has 3 aromatic rings. The monoisotopic (exact) mass is 498 g/mol. The second-order valence-electron chi connectivity index (χ2n) is 9.47. The number of nitrogens with zero attached hydrogens (tertiary/aromatic N) is 5. The first-order valence-corrected chi connectivity index (χ1v) is 11.1. The normalized spacial score (nSPS) is 11.5. The van der Waals surface area contributed by atoms with Crippen molar-refractivity contribution in [1.82, 2.24) is 19.9 Å². The van der Waals surface area contributed by atoms with Gasteiger partial charge in [0.2, 0.25) is 0 Å². The van der Waals surface area contributed by atoms with Crippen LogP contribution in [0.3, 0.4) is 0 Å². The van der Waals surface area contributed by atoms with Crippen molar-refractivity contribution in [3.63, 3.8) is 0 Å². The predicted octanol–water partition coefficient (Wildman–Crippen LogP) is 6.01. The average Bonchev–Trinajstić information content (AvgIpc) is 2.72. The van der Waals surface area contributed by atoms with Crippen LogP contribution in [0.4, 0.5) is 26.9 Å². The van der Waals surface area contributed by atoms with Crippen LogP contribution in [0.2, 0.25) is 5.02 Å². The van der Waals surface area contributed by atoms with Crippen molar-refractivity contribution in [3.05, 3.63) is 54.1 Å². The summed E-state index contributed by atoms with van der Waals surface area (Å²) in [5.74, 6) is 0.356. The SMILES string of the molecule is CC(C)(C)OC(=O)Nc1cncc(-c2cncc(N(C(=O)OC(C)(C)C)c3cccc(Cl)c3)n2)n1. The maximum atomic E-state index is 13.1. The Morgan fingerprint density at radius 1 is 0.886 bits per heavy atom. The zero-order chi connectivity index (χ0) is 25.8. The molecule has 0 saturated heterocycles. The lowest BCUT2D eigenvalue weighted by atomic mass is 10.2. The van der Waals surface area contributed by atoms with E-state index in [0.29, 0.717) is 22.1 Å². The van der Waals surface area contributed by atoms with E-state index in [2.05, 4.69) is 25.3 Å². The molecule has 2 amide bonds. The summed E-state index contributed by atoms with van der Waals surface area (Å²) in [7, 11) is 0. The van der Waals surface area contributed by atoms with Gasteiger partial charge in [0.25, 0.3) is 0 Å². The highest BCUT2D eigenvalue weighted by atomic mass is 35.5. The van der Waals surface area contributed by atoms with E-state index in [9.17, 15) is 9.59 Å². The van der Waals surface area contributed by atoms with E-state index >= 15 is 0 Å².